The summed E-state index contributed by atoms with van der Waals surface area (Å²) in [5.41, 5.74) is -0.167. The van der Waals surface area contributed by atoms with Gasteiger partial charge >= 0.3 is 0 Å². The number of ether oxygens (including phenoxy) is 1. The van der Waals surface area contributed by atoms with Gasteiger partial charge < -0.3 is 20.5 Å². The van der Waals surface area contributed by atoms with E-state index in [0.717, 1.165) is 37.1 Å². The first-order valence-corrected chi connectivity index (χ1v) is 17.7. The number of carbonyl (C=O) groups excluding carboxylic acids is 2. The summed E-state index contributed by atoms with van der Waals surface area (Å²) >= 11 is 0. The lowest BCUT2D eigenvalue weighted by atomic mass is 9.98. The molecule has 1 fully saturated rings. The lowest BCUT2D eigenvalue weighted by Crippen LogP contribution is -2.55. The molecule has 2 aromatic rings. The zero-order chi connectivity index (χ0) is 32.5. The number of hydrogen-bond acceptors (Lipinski definition) is 7. The third-order valence-corrected chi connectivity index (χ3v) is 10.4. The van der Waals surface area contributed by atoms with Gasteiger partial charge in [0, 0.05) is 44.8 Å². The van der Waals surface area contributed by atoms with Crippen molar-refractivity contribution in [3.8, 4) is 5.75 Å². The second kappa shape index (κ2) is 16.0. The minimum atomic E-state index is -4.11. The summed E-state index contributed by atoms with van der Waals surface area (Å²) in [7, 11) is -4.11. The molecule has 0 saturated carbocycles. The summed E-state index contributed by atoms with van der Waals surface area (Å²) in [4.78, 5) is 27.3. The highest BCUT2D eigenvalue weighted by molar-refractivity contribution is 7.89. The first-order chi connectivity index (χ1) is 21.5. The molecule has 1 saturated heterocycles. The lowest BCUT2D eigenvalue weighted by molar-refractivity contribution is -0.122. The van der Waals surface area contributed by atoms with E-state index in [1.807, 2.05) is 51.1 Å². The molecule has 3 N–H and O–H groups in total. The van der Waals surface area contributed by atoms with Gasteiger partial charge in [-0.05, 0) is 80.9 Å². The van der Waals surface area contributed by atoms with Gasteiger partial charge in [0.25, 0.3) is 0 Å². The number of aliphatic hydroxyl groups is 1. The van der Waals surface area contributed by atoms with Crippen molar-refractivity contribution in [2.24, 2.45) is 5.92 Å². The molecule has 0 radical (unpaired) electrons. The van der Waals surface area contributed by atoms with Gasteiger partial charge in [0.2, 0.25) is 21.8 Å². The molecule has 2 atom stereocenters. The zero-order valence-corrected chi connectivity index (χ0v) is 27.8. The first kappa shape index (κ1) is 34.9. The van der Waals surface area contributed by atoms with Gasteiger partial charge in [-0.2, -0.15) is 4.31 Å². The zero-order valence-electron chi connectivity index (χ0n) is 27.0. The second-order valence-corrected chi connectivity index (χ2v) is 14.7. The Balaban J connectivity index is 1.39. The topological polar surface area (TPSA) is 128 Å². The van der Waals surface area contributed by atoms with Crippen molar-refractivity contribution >= 4 is 21.8 Å². The monoisotopic (exact) mass is 642 g/mol. The van der Waals surface area contributed by atoms with Gasteiger partial charge in [0.1, 0.15) is 11.5 Å². The first-order valence-electron chi connectivity index (χ1n) is 16.3. The number of sulfonamides is 1. The fourth-order valence-corrected chi connectivity index (χ4v) is 7.98. The molecule has 2 aromatic carbocycles. The molecule has 0 aliphatic carbocycles. The van der Waals surface area contributed by atoms with Gasteiger partial charge in [-0.25, -0.2) is 8.42 Å². The Labute approximate surface area is 268 Å². The number of rotatable bonds is 17. The number of likely N-dealkylation sites (tertiary alicyclic amines) is 1. The van der Waals surface area contributed by atoms with Crippen LogP contribution in [0.25, 0.3) is 0 Å². The van der Waals surface area contributed by atoms with E-state index in [0.29, 0.717) is 38.2 Å². The van der Waals surface area contributed by atoms with Crippen LogP contribution in [-0.2, 0) is 32.5 Å². The van der Waals surface area contributed by atoms with Crippen LogP contribution in [0.2, 0.25) is 0 Å². The Hall–Kier alpha value is -2.99. The molecule has 248 valence electrons. The molecule has 2 heterocycles. The van der Waals surface area contributed by atoms with E-state index >= 15 is 0 Å². The number of nitrogens with one attached hydrogen (secondary N) is 2. The average Bonchev–Trinajstić information content (AvgIpc) is 3.68. The van der Waals surface area contributed by atoms with E-state index in [2.05, 4.69) is 15.5 Å². The van der Waals surface area contributed by atoms with E-state index in [-0.39, 0.29) is 61.0 Å². The standard InChI is InChI=1S/C34H50N4O6S/c1-26(2)24-38(45(42,43)30-14-15-31-29(22-30)16-21-44-31)34(41,23-28-11-5-4-6-12-28)17-18-35-32(39)13-9-10-27(3)36-33(40)25-37-19-7-8-20-37/h4-6,11-12,14-15,22,26-27,41H,7-10,13,16-21,23-25H2,1-3H3,(H,35,39)(H,36,40). The summed E-state index contributed by atoms with van der Waals surface area (Å²) in [6.45, 7) is 8.85. The summed E-state index contributed by atoms with van der Waals surface area (Å²) in [6.07, 6.45) is 4.52. The fraction of sp³-hybridized carbons (Fsp3) is 0.588. The predicted octanol–water partition coefficient (Wildman–Crippen LogP) is 3.48. The number of carbonyl (C=O) groups is 2. The molecular formula is C34H50N4O6S. The highest BCUT2D eigenvalue weighted by atomic mass is 32.2. The largest absolute Gasteiger partial charge is 0.493 e. The molecule has 2 aliphatic rings. The van der Waals surface area contributed by atoms with Crippen LogP contribution in [0.1, 0.15) is 70.4 Å². The highest BCUT2D eigenvalue weighted by Gasteiger charge is 2.43. The Bertz CT molecular complexity index is 1380. The van der Waals surface area contributed by atoms with Gasteiger partial charge in [0.15, 0.2) is 0 Å². The quantitative estimate of drug-likeness (QED) is 0.226. The summed E-state index contributed by atoms with van der Waals surface area (Å²) in [6, 6.07) is 14.1. The van der Waals surface area contributed by atoms with Crippen LogP contribution in [0, 0.1) is 5.92 Å². The van der Waals surface area contributed by atoms with E-state index in [1.54, 1.807) is 12.1 Å². The maximum absolute atomic E-state index is 14.2. The van der Waals surface area contributed by atoms with Crippen LogP contribution in [0.4, 0.5) is 0 Å². The highest BCUT2D eigenvalue weighted by Crippen LogP contribution is 2.33. The third-order valence-electron chi connectivity index (χ3n) is 8.44. The van der Waals surface area contributed by atoms with Crippen molar-refractivity contribution in [1.29, 1.82) is 0 Å². The molecule has 0 aromatic heterocycles. The van der Waals surface area contributed by atoms with Gasteiger partial charge in [-0.3, -0.25) is 14.5 Å². The average molecular weight is 643 g/mol. The molecule has 0 spiro atoms. The van der Waals surface area contributed by atoms with E-state index < -0.39 is 15.7 Å². The summed E-state index contributed by atoms with van der Waals surface area (Å²) in [5, 5.41) is 18.1. The van der Waals surface area contributed by atoms with Crippen LogP contribution >= 0.6 is 0 Å². The minimum Gasteiger partial charge on any atom is -0.493 e. The molecule has 2 aliphatic heterocycles. The van der Waals surface area contributed by atoms with Gasteiger partial charge in [-0.1, -0.05) is 44.2 Å². The van der Waals surface area contributed by atoms with E-state index in [1.165, 1.54) is 10.4 Å². The van der Waals surface area contributed by atoms with Crippen LogP contribution < -0.4 is 15.4 Å². The number of fused-ring (bicyclic) bond motifs is 1. The van der Waals surface area contributed by atoms with Crippen LogP contribution in [-0.4, -0.2) is 85.6 Å². The summed E-state index contributed by atoms with van der Waals surface area (Å²) in [5.74, 6) is 0.461. The van der Waals surface area contributed by atoms with Crippen LogP contribution in [0.5, 0.6) is 5.75 Å². The molecule has 2 unspecified atom stereocenters. The normalized spacial score (nSPS) is 17.1. The maximum atomic E-state index is 14.2. The van der Waals surface area contributed by atoms with Crippen molar-refractivity contribution in [3.05, 3.63) is 59.7 Å². The predicted molar refractivity (Wildman–Crippen MR) is 174 cm³/mol. The Morgan fingerprint density at radius 3 is 2.51 bits per heavy atom. The van der Waals surface area contributed by atoms with Crippen molar-refractivity contribution in [3.63, 3.8) is 0 Å². The van der Waals surface area contributed by atoms with E-state index in [4.69, 9.17) is 4.74 Å². The lowest BCUT2D eigenvalue weighted by Gasteiger charge is -2.40. The SMILES string of the molecule is CC(C)CN(C(O)(CCNC(=O)CCCC(C)NC(=O)CN1CCCC1)Cc1ccccc1)S(=O)(=O)c1ccc2c(c1)CCO2. The third kappa shape index (κ3) is 10.00. The Morgan fingerprint density at radius 2 is 1.80 bits per heavy atom. The van der Waals surface area contributed by atoms with Crippen molar-refractivity contribution < 1.29 is 27.9 Å². The van der Waals surface area contributed by atoms with E-state index in [9.17, 15) is 23.1 Å². The molecule has 45 heavy (non-hydrogen) atoms. The van der Waals surface area contributed by atoms with Crippen LogP contribution in [0.15, 0.2) is 53.4 Å². The fourth-order valence-electron chi connectivity index (χ4n) is 6.09. The number of benzene rings is 2. The van der Waals surface area contributed by atoms with Crippen molar-refractivity contribution in [2.75, 3.05) is 39.3 Å². The van der Waals surface area contributed by atoms with Crippen LogP contribution in [0.3, 0.4) is 0 Å². The van der Waals surface area contributed by atoms with Crippen molar-refractivity contribution in [1.82, 2.24) is 19.8 Å². The summed E-state index contributed by atoms with van der Waals surface area (Å²) < 4.78 is 35.2. The number of nitrogens with zero attached hydrogens (tertiary/aromatic N) is 2. The Morgan fingerprint density at radius 1 is 1.07 bits per heavy atom. The smallest absolute Gasteiger partial charge is 0.245 e. The molecule has 2 amide bonds. The van der Waals surface area contributed by atoms with Gasteiger partial charge in [-0.15, -0.1) is 0 Å². The number of amides is 2. The molecule has 11 heteroatoms. The molecular weight excluding hydrogens is 592 g/mol. The Kier molecular flexibility index (Phi) is 12.4. The van der Waals surface area contributed by atoms with Crippen molar-refractivity contribution in [2.45, 2.75) is 88.8 Å². The molecule has 4 rings (SSSR count). The minimum absolute atomic E-state index is 0.0105. The molecule has 10 nitrogen and oxygen atoms in total. The number of hydrogen-bond donors (Lipinski definition) is 3. The second-order valence-electron chi connectivity index (χ2n) is 12.9. The van der Waals surface area contributed by atoms with Gasteiger partial charge in [0.05, 0.1) is 18.0 Å². The molecule has 0 bridgehead atoms. The maximum Gasteiger partial charge on any atom is 0.245 e.